The van der Waals surface area contributed by atoms with Gasteiger partial charge in [0.05, 0.1) is 42.3 Å². The fourth-order valence-corrected chi connectivity index (χ4v) is 14.7. The number of alkyl halides is 6. The van der Waals surface area contributed by atoms with Gasteiger partial charge in [-0.3, -0.25) is 58.5 Å². The van der Waals surface area contributed by atoms with E-state index in [2.05, 4.69) is 73.8 Å². The second kappa shape index (κ2) is 52.3. The van der Waals surface area contributed by atoms with Gasteiger partial charge in [0.25, 0.3) is 0 Å². The number of nitrogens with one attached hydrogen (secondary N) is 12. The molecule has 0 aliphatic carbocycles. The number of nitrogens with zero attached hydrogens (tertiary/aromatic N) is 3. The van der Waals surface area contributed by atoms with Gasteiger partial charge in [0.1, 0.15) is 73.3 Å². The van der Waals surface area contributed by atoms with E-state index in [9.17, 15) is 69.5 Å². The molecule has 0 spiro atoms. The van der Waals surface area contributed by atoms with E-state index in [-0.39, 0.29) is 118 Å². The molecule has 3 aliphatic rings. The zero-order valence-electron chi connectivity index (χ0n) is 75.9. The molecule has 20 N–H and O–H groups in total. The first-order valence-corrected chi connectivity index (χ1v) is 44.2. The molecule has 3 aliphatic heterocycles. The van der Waals surface area contributed by atoms with E-state index in [1.165, 1.54) is 24.3 Å². The van der Waals surface area contributed by atoms with Crippen LogP contribution in [0.25, 0.3) is 0 Å². The highest BCUT2D eigenvalue weighted by Gasteiger charge is 2.38. The molecule has 9 amide bonds. The van der Waals surface area contributed by atoms with Crippen LogP contribution in [0.5, 0.6) is 17.2 Å². The number of ether oxygens (including phenoxy) is 3. The number of hydrogen-bond donors (Lipinski definition) is 16. The Hall–Kier alpha value is -11.8. The number of hydrogen-bond acceptors (Lipinski definition) is 18. The number of carbonyl (C=O) groups excluding carboxylic acids is 9. The second-order valence-corrected chi connectivity index (χ2v) is 34.7. The molecule has 12 atom stereocenters. The van der Waals surface area contributed by atoms with E-state index in [0.717, 1.165) is 52.3 Å². The van der Waals surface area contributed by atoms with E-state index in [0.29, 0.717) is 80.4 Å². The highest BCUT2D eigenvalue weighted by Crippen LogP contribution is 2.32. The summed E-state index contributed by atoms with van der Waals surface area (Å²) in [5, 5.41) is 35.3. The van der Waals surface area contributed by atoms with Crippen molar-refractivity contribution >= 4 is 76.7 Å². The van der Waals surface area contributed by atoms with Crippen LogP contribution in [0.4, 0.5) is 26.3 Å². The summed E-state index contributed by atoms with van der Waals surface area (Å²) in [5.41, 5.74) is 24.6. The summed E-state index contributed by atoms with van der Waals surface area (Å²) in [6.07, 6.45) is -6.38. The van der Waals surface area contributed by atoms with Crippen molar-refractivity contribution in [2.75, 3.05) is 86.3 Å². The van der Waals surface area contributed by atoms with Crippen molar-refractivity contribution in [2.24, 2.45) is 62.5 Å². The zero-order chi connectivity index (χ0) is 96.2. The number of guanidine groups is 2. The SMILES string of the molecule is CC(C)[C@H]1NC(=O)[C@@H](Cc2cccc(C(F)(F)F)c2)NCCOc2ccccc2C[C@H](C)CNC(=O)[C@H](CN(C)C)NC1=O.CC(C)[C@H]1NC(=O)[C@@H](Cc2cccc(C(F)(F)F)c2)NCCOc2ccccc2C[C@H](C)CNC(=O)[C@H](CN=C(N)N)NC1=O.CC(C)[C@H]1NC(=O)[C@@H](Cc2cccc(Cl)c2)N[C@@H](C)COc2ccccc2CCCNC(=O)[C@H](CN=C(N)N)NC1=O. The van der Waals surface area contributed by atoms with E-state index < -0.39 is 125 Å². The maximum atomic E-state index is 13.7. The van der Waals surface area contributed by atoms with Crippen molar-refractivity contribution in [3.05, 3.63) is 195 Å². The average molecular weight is 1850 g/mol. The van der Waals surface area contributed by atoms with Crippen LogP contribution in [0.1, 0.15) is 113 Å². The third kappa shape index (κ3) is 36.5. The van der Waals surface area contributed by atoms with E-state index in [1.807, 2.05) is 120 Å². The van der Waals surface area contributed by atoms with Crippen LogP contribution in [0, 0.1) is 29.6 Å². The molecule has 9 rings (SSSR count). The number of fused-ring (bicyclic) bond motifs is 3. The molecule has 38 heteroatoms. The van der Waals surface area contributed by atoms with Gasteiger partial charge < -0.3 is 101 Å². The minimum absolute atomic E-state index is 0.00492. The Kier molecular flexibility index (Phi) is 42.4. The second-order valence-electron chi connectivity index (χ2n) is 34.3. The molecule has 0 saturated carbocycles. The van der Waals surface area contributed by atoms with Gasteiger partial charge in [-0.25, -0.2) is 0 Å². The maximum absolute atomic E-state index is 13.7. The Morgan fingerprint density at radius 2 is 0.809 bits per heavy atom. The number of nitrogens with two attached hydrogens (primary N) is 4. The third-order valence-corrected chi connectivity index (χ3v) is 21.7. The Labute approximate surface area is 766 Å². The van der Waals surface area contributed by atoms with Crippen LogP contribution >= 0.6 is 11.6 Å². The molecule has 131 heavy (non-hydrogen) atoms. The van der Waals surface area contributed by atoms with Crippen LogP contribution in [0.3, 0.4) is 0 Å². The zero-order valence-corrected chi connectivity index (χ0v) is 76.7. The predicted molar refractivity (Wildman–Crippen MR) is 490 cm³/mol. The third-order valence-electron chi connectivity index (χ3n) is 21.5. The minimum atomic E-state index is -4.55. The number of benzene rings is 6. The molecule has 6 aromatic rings. The van der Waals surface area contributed by atoms with Crippen LogP contribution in [-0.2, 0) is 94.0 Å². The van der Waals surface area contributed by atoms with Crippen molar-refractivity contribution < 1.29 is 83.7 Å². The normalized spacial score (nSPS) is 22.8. The molecular weight excluding hydrogens is 1720 g/mol. The summed E-state index contributed by atoms with van der Waals surface area (Å²) in [6, 6.07) is 30.6. The van der Waals surface area contributed by atoms with Crippen molar-refractivity contribution in [1.29, 1.82) is 0 Å². The van der Waals surface area contributed by atoms with Gasteiger partial charge >= 0.3 is 12.4 Å². The van der Waals surface area contributed by atoms with Crippen LogP contribution < -0.4 is 101 Å². The fourth-order valence-electron chi connectivity index (χ4n) is 14.5. The molecule has 0 radical (unpaired) electrons. The molecule has 0 aromatic heterocycles. The summed E-state index contributed by atoms with van der Waals surface area (Å²) in [4.78, 5) is 130. The van der Waals surface area contributed by atoms with Crippen LogP contribution in [0.15, 0.2) is 156 Å². The molecule has 3 heterocycles. The Balaban J connectivity index is 0.000000269. The molecule has 0 unspecified atom stereocenters. The first-order chi connectivity index (χ1) is 62.0. The van der Waals surface area contributed by atoms with Crippen molar-refractivity contribution in [3.8, 4) is 17.2 Å². The molecule has 31 nitrogen and oxygen atoms in total. The van der Waals surface area contributed by atoms with Crippen molar-refractivity contribution in [3.63, 3.8) is 0 Å². The molecule has 716 valence electrons. The monoisotopic (exact) mass is 1850 g/mol. The Morgan fingerprint density at radius 3 is 1.22 bits per heavy atom. The van der Waals surface area contributed by atoms with E-state index >= 15 is 0 Å². The van der Waals surface area contributed by atoms with Gasteiger partial charge in [0.15, 0.2) is 11.9 Å². The van der Waals surface area contributed by atoms with E-state index in [1.54, 1.807) is 58.8 Å². The van der Waals surface area contributed by atoms with E-state index in [4.69, 9.17) is 48.7 Å². The number of amides is 9. The topological polar surface area (TPSA) is 458 Å². The Bertz CT molecular complexity index is 4810. The number of para-hydroxylation sites is 3. The molecule has 6 aromatic carbocycles. The van der Waals surface area contributed by atoms with Crippen molar-refractivity contribution in [1.82, 2.24) is 68.7 Å². The number of carbonyl (C=O) groups is 9. The summed E-state index contributed by atoms with van der Waals surface area (Å²) in [5.74, 6) is -3.91. The number of aliphatic imine (C=N–C) groups is 2. The quantitative estimate of drug-likeness (QED) is 0.0341. The smallest absolute Gasteiger partial charge is 0.416 e. The standard InChI is InChI=1S/C32H44F3N5O4.C31H42F3N7O4.C30H42ClN7O4/c1-20(2)28-31(43)38-26(19-40(4)5)29(41)37-18-21(3)15-23-10-6-7-12-27(23)44-14-13-36-25(30(42)39-28)17-22-9-8-11-24(16-22)32(33,34)35;1-18(2)26-29(44)40-24(17-39-30(35)36)27(42)38-16-19(3)13-21-8-4-5-10-25(21)45-12-11-37-23(28(43)41-26)15-20-7-6-9-22(14-20)31(32,33)34;1-18(2)26-29(41)37-24(16-35-30(32)33)27(39)34-13-7-10-21-9-4-5-12-25(21)42-17-19(3)36-23(28(40)38-26)15-20-8-6-11-22(31)14-20/h6-12,16,20-21,25-26,28,36H,13-15,17-19H2,1-5H3,(H,37,41)(H,38,43)(H,39,42);4-10,14,18-19,23-24,26,37H,11-13,15-17H2,1-3H3,(H,38,42)(H,40,44)(H,41,43)(H4,35,36,39);4-6,8-9,11-12,14,18-19,23-24,26,36H,7,10,13,15-17H2,1-3H3,(H,34,39)(H,37,41)(H,38,40)(H4,32,33,35)/t21-,25+,26-,28+;2*19-,23+,24-,26+/m000/s1. The van der Waals surface area contributed by atoms with Crippen LogP contribution in [0.2, 0.25) is 5.02 Å². The molecule has 0 fully saturated rings. The summed E-state index contributed by atoms with van der Waals surface area (Å²) in [7, 11) is 3.58. The fraction of sp³-hybridized carbons (Fsp3) is 0.495. The van der Waals surface area contributed by atoms with Gasteiger partial charge in [0.2, 0.25) is 53.2 Å². The maximum Gasteiger partial charge on any atom is 0.416 e. The van der Waals surface area contributed by atoms with Crippen molar-refractivity contribution in [2.45, 2.75) is 180 Å². The lowest BCUT2D eigenvalue weighted by atomic mass is 9.99. The minimum Gasteiger partial charge on any atom is -0.492 e. The lowest BCUT2D eigenvalue weighted by Gasteiger charge is -2.29. The summed E-state index contributed by atoms with van der Waals surface area (Å²) < 4.78 is 98.6. The van der Waals surface area contributed by atoms with Gasteiger partial charge in [-0.15, -0.1) is 0 Å². The van der Waals surface area contributed by atoms with Gasteiger partial charge in [-0.05, 0) is 171 Å². The highest BCUT2D eigenvalue weighted by molar-refractivity contribution is 6.30. The highest BCUT2D eigenvalue weighted by atomic mass is 35.5. The predicted octanol–water partition coefficient (Wildman–Crippen LogP) is 5.54. The average Bonchev–Trinajstić information content (AvgIpc) is 0.840. The molecule has 0 bridgehead atoms. The first-order valence-electron chi connectivity index (χ1n) is 43.8. The lowest BCUT2D eigenvalue weighted by molar-refractivity contribution is -0.138. The van der Waals surface area contributed by atoms with Gasteiger partial charge in [0, 0.05) is 50.3 Å². The molecular formula is C93H128ClF6N19O12. The largest absolute Gasteiger partial charge is 0.492 e. The van der Waals surface area contributed by atoms with Gasteiger partial charge in [-0.1, -0.05) is 170 Å². The first kappa shape index (κ1) is 106. The lowest BCUT2D eigenvalue weighted by Crippen LogP contribution is -2.60. The molecule has 0 saturated heterocycles. The van der Waals surface area contributed by atoms with Crippen LogP contribution in [-0.4, -0.2) is 217 Å². The Morgan fingerprint density at radius 1 is 0.435 bits per heavy atom. The number of likely N-dealkylation sites (N-methyl/N-ethyl adjacent to an activating group) is 1. The number of halogens is 7. The summed E-state index contributed by atoms with van der Waals surface area (Å²) >= 11 is 6.21. The summed E-state index contributed by atoms with van der Waals surface area (Å²) in [6.45, 7) is 18.5. The number of aryl methyl sites for hydroxylation is 1. The van der Waals surface area contributed by atoms with Gasteiger partial charge in [-0.2, -0.15) is 26.3 Å². The number of rotatable bonds is 15.